The number of pyridine rings is 1. The average molecular weight is 313 g/mol. The van der Waals surface area contributed by atoms with E-state index in [9.17, 15) is 4.79 Å². The minimum Gasteiger partial charge on any atom is -0.351 e. The third-order valence-corrected chi connectivity index (χ3v) is 4.26. The van der Waals surface area contributed by atoms with Gasteiger partial charge in [-0.2, -0.15) is 0 Å². The van der Waals surface area contributed by atoms with Gasteiger partial charge in [-0.1, -0.05) is 6.07 Å². The lowest BCUT2D eigenvalue weighted by atomic mass is 9.91. The van der Waals surface area contributed by atoms with Crippen LogP contribution >= 0.6 is 0 Å². The number of aromatic nitrogens is 3. The zero-order chi connectivity index (χ0) is 16.2. The SMILES string of the molecule is CN(C)CCn1c2c(ccc1=O)C[C@H](Nc1ncccn1)CC2. The highest BCUT2D eigenvalue weighted by Crippen LogP contribution is 2.22. The van der Waals surface area contributed by atoms with Crippen LogP contribution in [0.25, 0.3) is 0 Å². The van der Waals surface area contributed by atoms with Crippen LogP contribution in [-0.2, 0) is 19.4 Å². The second-order valence-electron chi connectivity index (χ2n) is 6.25. The highest BCUT2D eigenvalue weighted by molar-refractivity contribution is 5.31. The van der Waals surface area contributed by atoms with Crippen LogP contribution < -0.4 is 10.9 Å². The molecule has 0 saturated heterocycles. The van der Waals surface area contributed by atoms with E-state index in [-0.39, 0.29) is 5.56 Å². The number of hydrogen-bond donors (Lipinski definition) is 1. The summed E-state index contributed by atoms with van der Waals surface area (Å²) < 4.78 is 1.94. The van der Waals surface area contributed by atoms with Crippen molar-refractivity contribution in [2.45, 2.75) is 31.8 Å². The summed E-state index contributed by atoms with van der Waals surface area (Å²) in [5.74, 6) is 0.668. The van der Waals surface area contributed by atoms with Crippen LogP contribution in [0.15, 0.2) is 35.4 Å². The summed E-state index contributed by atoms with van der Waals surface area (Å²) in [5.41, 5.74) is 2.54. The Labute approximate surface area is 136 Å². The average Bonchev–Trinajstić information content (AvgIpc) is 2.55. The molecule has 0 aliphatic heterocycles. The van der Waals surface area contributed by atoms with Crippen molar-refractivity contribution in [3.63, 3.8) is 0 Å². The van der Waals surface area contributed by atoms with Crippen molar-refractivity contribution < 1.29 is 0 Å². The van der Waals surface area contributed by atoms with Crippen molar-refractivity contribution in [1.82, 2.24) is 19.4 Å². The van der Waals surface area contributed by atoms with Crippen LogP contribution in [0, 0.1) is 0 Å². The molecule has 0 fully saturated rings. The molecule has 1 atom stereocenters. The van der Waals surface area contributed by atoms with Gasteiger partial charge in [0.2, 0.25) is 5.95 Å². The topological polar surface area (TPSA) is 63.1 Å². The molecule has 0 saturated carbocycles. The summed E-state index contributed by atoms with van der Waals surface area (Å²) in [6.45, 7) is 1.62. The number of likely N-dealkylation sites (N-methyl/N-ethyl adjacent to an activating group) is 1. The first-order chi connectivity index (χ1) is 11.1. The van der Waals surface area contributed by atoms with Crippen LogP contribution in [0.5, 0.6) is 0 Å². The van der Waals surface area contributed by atoms with Crippen molar-refractivity contribution in [2.75, 3.05) is 26.0 Å². The summed E-state index contributed by atoms with van der Waals surface area (Å²) in [7, 11) is 4.06. The van der Waals surface area contributed by atoms with Gasteiger partial charge in [0.1, 0.15) is 0 Å². The first-order valence-electron chi connectivity index (χ1n) is 8.03. The molecule has 122 valence electrons. The zero-order valence-electron chi connectivity index (χ0n) is 13.7. The highest BCUT2D eigenvalue weighted by atomic mass is 16.1. The van der Waals surface area contributed by atoms with Crippen LogP contribution in [0.3, 0.4) is 0 Å². The molecule has 0 bridgehead atoms. The maximum absolute atomic E-state index is 12.2. The third-order valence-electron chi connectivity index (χ3n) is 4.26. The van der Waals surface area contributed by atoms with Gasteiger partial charge in [0.15, 0.2) is 0 Å². The minimum absolute atomic E-state index is 0.100. The van der Waals surface area contributed by atoms with Gasteiger partial charge < -0.3 is 14.8 Å². The van der Waals surface area contributed by atoms with Gasteiger partial charge in [-0.15, -0.1) is 0 Å². The van der Waals surface area contributed by atoms with E-state index in [0.29, 0.717) is 12.0 Å². The zero-order valence-corrected chi connectivity index (χ0v) is 13.7. The molecule has 0 radical (unpaired) electrons. The van der Waals surface area contributed by atoms with Crippen LogP contribution in [0.1, 0.15) is 17.7 Å². The fourth-order valence-corrected chi connectivity index (χ4v) is 3.05. The monoisotopic (exact) mass is 313 g/mol. The summed E-state index contributed by atoms with van der Waals surface area (Å²) in [5, 5.41) is 3.39. The van der Waals surface area contributed by atoms with Gasteiger partial charge >= 0.3 is 0 Å². The molecule has 23 heavy (non-hydrogen) atoms. The molecule has 0 unspecified atom stereocenters. The van der Waals surface area contributed by atoms with E-state index in [1.165, 1.54) is 11.3 Å². The Hall–Kier alpha value is -2.21. The molecule has 6 nitrogen and oxygen atoms in total. The molecule has 2 aromatic heterocycles. The van der Waals surface area contributed by atoms with Crippen LogP contribution in [-0.4, -0.2) is 46.1 Å². The maximum Gasteiger partial charge on any atom is 0.250 e. The first-order valence-corrected chi connectivity index (χ1v) is 8.03. The van der Waals surface area contributed by atoms with Gasteiger partial charge in [-0.3, -0.25) is 4.79 Å². The van der Waals surface area contributed by atoms with Crippen molar-refractivity contribution in [2.24, 2.45) is 0 Å². The van der Waals surface area contributed by atoms with E-state index in [2.05, 4.69) is 20.2 Å². The van der Waals surface area contributed by atoms with Crippen LogP contribution in [0.4, 0.5) is 5.95 Å². The molecule has 1 N–H and O–H groups in total. The van der Waals surface area contributed by atoms with Crippen molar-refractivity contribution in [3.05, 3.63) is 52.2 Å². The Balaban J connectivity index is 1.76. The van der Waals surface area contributed by atoms with E-state index >= 15 is 0 Å². The number of anilines is 1. The smallest absolute Gasteiger partial charge is 0.250 e. The molecular formula is C17H23N5O. The fraction of sp³-hybridized carbons (Fsp3) is 0.471. The molecule has 6 heteroatoms. The maximum atomic E-state index is 12.2. The predicted molar refractivity (Wildman–Crippen MR) is 90.7 cm³/mol. The number of rotatable bonds is 5. The van der Waals surface area contributed by atoms with Crippen molar-refractivity contribution in [1.29, 1.82) is 0 Å². The van der Waals surface area contributed by atoms with E-state index in [4.69, 9.17) is 0 Å². The Morgan fingerprint density at radius 3 is 2.83 bits per heavy atom. The first kappa shape index (κ1) is 15.7. The summed E-state index contributed by atoms with van der Waals surface area (Å²) >= 11 is 0. The van der Waals surface area contributed by atoms with Crippen molar-refractivity contribution >= 4 is 5.95 Å². The molecule has 2 aromatic rings. The standard InChI is InChI=1S/C17H23N5O/c1-21(2)10-11-22-15-6-5-14(12-13(15)4-7-16(22)23)20-17-18-8-3-9-19-17/h3-4,7-9,14H,5-6,10-12H2,1-2H3,(H,18,19,20)/t14-/m1/s1. The summed E-state index contributed by atoms with van der Waals surface area (Å²) in [6, 6.07) is 5.79. The Morgan fingerprint density at radius 1 is 1.30 bits per heavy atom. The van der Waals surface area contributed by atoms with Gasteiger partial charge in [0, 0.05) is 43.3 Å². The molecule has 1 aliphatic rings. The van der Waals surface area contributed by atoms with Gasteiger partial charge in [0.25, 0.3) is 5.56 Å². The lowest BCUT2D eigenvalue weighted by molar-refractivity contribution is 0.374. The Kier molecular flexibility index (Phi) is 4.71. The Bertz CT molecular complexity index is 711. The van der Waals surface area contributed by atoms with E-state index in [1.807, 2.05) is 30.8 Å². The molecule has 0 amide bonds. The normalized spacial score (nSPS) is 17.1. The molecule has 3 rings (SSSR count). The van der Waals surface area contributed by atoms with Gasteiger partial charge in [-0.25, -0.2) is 9.97 Å². The molecule has 0 spiro atoms. The summed E-state index contributed by atoms with van der Waals surface area (Å²) in [4.78, 5) is 22.7. The molecular weight excluding hydrogens is 290 g/mol. The predicted octanol–water partition coefficient (Wildman–Crippen LogP) is 1.17. The largest absolute Gasteiger partial charge is 0.351 e. The van der Waals surface area contributed by atoms with Gasteiger partial charge in [0.05, 0.1) is 0 Å². The fourth-order valence-electron chi connectivity index (χ4n) is 3.05. The number of nitrogens with zero attached hydrogens (tertiary/aromatic N) is 4. The second kappa shape index (κ2) is 6.91. The molecule has 2 heterocycles. The molecule has 0 aromatic carbocycles. The van der Waals surface area contributed by atoms with Crippen molar-refractivity contribution in [3.8, 4) is 0 Å². The summed E-state index contributed by atoms with van der Waals surface area (Å²) in [6.07, 6.45) is 6.27. The van der Waals surface area contributed by atoms with E-state index in [0.717, 1.165) is 32.4 Å². The van der Waals surface area contributed by atoms with E-state index in [1.54, 1.807) is 18.5 Å². The quantitative estimate of drug-likeness (QED) is 0.898. The number of nitrogens with one attached hydrogen (secondary N) is 1. The highest BCUT2D eigenvalue weighted by Gasteiger charge is 2.22. The molecule has 1 aliphatic carbocycles. The van der Waals surface area contributed by atoms with Crippen LogP contribution in [0.2, 0.25) is 0 Å². The lowest BCUT2D eigenvalue weighted by Crippen LogP contribution is -2.35. The van der Waals surface area contributed by atoms with E-state index < -0.39 is 0 Å². The Morgan fingerprint density at radius 2 is 2.09 bits per heavy atom. The lowest BCUT2D eigenvalue weighted by Gasteiger charge is -2.28. The minimum atomic E-state index is 0.100. The second-order valence-corrected chi connectivity index (χ2v) is 6.25. The van der Waals surface area contributed by atoms with Gasteiger partial charge in [-0.05, 0) is 45.0 Å². The third kappa shape index (κ3) is 3.76. The number of fused-ring (bicyclic) bond motifs is 1. The number of hydrogen-bond acceptors (Lipinski definition) is 5.